The lowest BCUT2D eigenvalue weighted by Gasteiger charge is -2.15. The van der Waals surface area contributed by atoms with Crippen molar-refractivity contribution >= 4 is 17.6 Å². The molecule has 5 N–H and O–H groups in total. The largest absolute Gasteiger partial charge is 0.393 e. The van der Waals surface area contributed by atoms with Gasteiger partial charge < -0.3 is 21.5 Å². The van der Waals surface area contributed by atoms with Crippen LogP contribution in [0.25, 0.3) is 0 Å². The van der Waals surface area contributed by atoms with Gasteiger partial charge >= 0.3 is 6.03 Å². The molecule has 2 unspecified atom stereocenters. The summed E-state index contributed by atoms with van der Waals surface area (Å²) in [7, 11) is 0. The van der Waals surface area contributed by atoms with E-state index >= 15 is 0 Å². The Morgan fingerprint density at radius 2 is 1.85 bits per heavy atom. The number of primary amides is 1. The number of benzene rings is 1. The molecule has 20 heavy (non-hydrogen) atoms. The number of aliphatic hydroxyl groups is 1. The monoisotopic (exact) mass is 279 g/mol. The highest BCUT2D eigenvalue weighted by Crippen LogP contribution is 2.16. The van der Waals surface area contributed by atoms with Crippen LogP contribution in [0.1, 0.15) is 38.3 Å². The summed E-state index contributed by atoms with van der Waals surface area (Å²) in [5, 5.41) is 14.4. The molecule has 1 aromatic rings. The molecule has 0 fully saturated rings. The molecule has 6 nitrogen and oxygen atoms in total. The molecule has 0 bridgehead atoms. The Morgan fingerprint density at radius 3 is 2.35 bits per heavy atom. The molecule has 0 heterocycles. The molecule has 0 saturated carbocycles. The molecule has 0 spiro atoms. The van der Waals surface area contributed by atoms with Gasteiger partial charge in [-0.15, -0.1) is 0 Å². The van der Waals surface area contributed by atoms with Gasteiger partial charge in [-0.25, -0.2) is 4.79 Å². The predicted octanol–water partition coefficient (Wildman–Crippen LogP) is 1.52. The Bertz CT molecular complexity index is 457. The molecule has 6 heteroatoms. The van der Waals surface area contributed by atoms with E-state index in [0.29, 0.717) is 18.5 Å². The van der Waals surface area contributed by atoms with Crippen molar-refractivity contribution in [2.24, 2.45) is 5.73 Å². The van der Waals surface area contributed by atoms with Gasteiger partial charge in [-0.2, -0.15) is 0 Å². The number of rotatable bonds is 6. The van der Waals surface area contributed by atoms with Crippen LogP contribution >= 0.6 is 0 Å². The molecule has 1 rings (SSSR count). The Kier molecular flexibility index (Phi) is 5.99. The molecule has 0 aliphatic carbocycles. The van der Waals surface area contributed by atoms with Gasteiger partial charge in [-0.05, 0) is 38.0 Å². The summed E-state index contributed by atoms with van der Waals surface area (Å²) in [5.74, 6) is -0.0993. The van der Waals surface area contributed by atoms with Crippen LogP contribution in [-0.2, 0) is 4.79 Å². The minimum atomic E-state index is -0.614. The summed E-state index contributed by atoms with van der Waals surface area (Å²) < 4.78 is 0. The van der Waals surface area contributed by atoms with Crippen molar-refractivity contribution in [2.45, 2.75) is 38.8 Å². The highest BCUT2D eigenvalue weighted by Gasteiger charge is 2.10. The second-order valence-electron chi connectivity index (χ2n) is 4.79. The predicted molar refractivity (Wildman–Crippen MR) is 77.1 cm³/mol. The molecule has 0 aliphatic rings. The first-order chi connectivity index (χ1) is 9.38. The van der Waals surface area contributed by atoms with Crippen molar-refractivity contribution in [3.8, 4) is 0 Å². The summed E-state index contributed by atoms with van der Waals surface area (Å²) in [6.45, 7) is 3.53. The topological polar surface area (TPSA) is 104 Å². The van der Waals surface area contributed by atoms with Crippen LogP contribution in [0.3, 0.4) is 0 Å². The van der Waals surface area contributed by atoms with E-state index in [1.54, 1.807) is 19.1 Å². The zero-order valence-electron chi connectivity index (χ0n) is 11.7. The Balaban J connectivity index is 2.52. The zero-order valence-corrected chi connectivity index (χ0v) is 11.7. The van der Waals surface area contributed by atoms with Crippen molar-refractivity contribution in [3.63, 3.8) is 0 Å². The van der Waals surface area contributed by atoms with Gasteiger partial charge in [0.2, 0.25) is 5.91 Å². The first kappa shape index (κ1) is 16.0. The van der Waals surface area contributed by atoms with Crippen LogP contribution in [-0.4, -0.2) is 23.1 Å². The van der Waals surface area contributed by atoms with E-state index in [2.05, 4.69) is 10.6 Å². The van der Waals surface area contributed by atoms with Crippen molar-refractivity contribution in [1.82, 2.24) is 5.32 Å². The van der Waals surface area contributed by atoms with Crippen LogP contribution in [0.2, 0.25) is 0 Å². The summed E-state index contributed by atoms with van der Waals surface area (Å²) in [6.07, 6.45) is 0.263. The Morgan fingerprint density at radius 1 is 1.25 bits per heavy atom. The van der Waals surface area contributed by atoms with Crippen LogP contribution in [0.15, 0.2) is 24.3 Å². The molecule has 2 atom stereocenters. The molecule has 110 valence electrons. The molecule has 0 aromatic heterocycles. The van der Waals surface area contributed by atoms with Gasteiger partial charge in [0, 0.05) is 12.1 Å². The summed E-state index contributed by atoms with van der Waals surface area (Å²) in [5.41, 5.74) is 6.55. The fraction of sp³-hybridized carbons (Fsp3) is 0.429. The average Bonchev–Trinajstić information content (AvgIpc) is 2.36. The van der Waals surface area contributed by atoms with E-state index in [1.807, 2.05) is 19.1 Å². The van der Waals surface area contributed by atoms with E-state index in [0.717, 1.165) is 5.56 Å². The minimum Gasteiger partial charge on any atom is -0.393 e. The third-order valence-corrected chi connectivity index (χ3v) is 2.84. The smallest absolute Gasteiger partial charge is 0.316 e. The number of urea groups is 1. The number of anilines is 1. The number of hydrogen-bond donors (Lipinski definition) is 4. The molecule has 3 amide bonds. The third-order valence-electron chi connectivity index (χ3n) is 2.84. The van der Waals surface area contributed by atoms with E-state index in [9.17, 15) is 9.59 Å². The molecule has 0 saturated heterocycles. The average molecular weight is 279 g/mol. The van der Waals surface area contributed by atoms with E-state index in [4.69, 9.17) is 10.8 Å². The molecular formula is C14H21N3O3. The lowest BCUT2D eigenvalue weighted by Crippen LogP contribution is -2.27. The Hall–Kier alpha value is -2.08. The number of amides is 3. The summed E-state index contributed by atoms with van der Waals surface area (Å²) in [6, 6.07) is 6.31. The normalized spacial score (nSPS) is 13.3. The zero-order chi connectivity index (χ0) is 15.1. The van der Waals surface area contributed by atoms with E-state index < -0.39 is 12.1 Å². The van der Waals surface area contributed by atoms with E-state index in [1.165, 1.54) is 0 Å². The number of hydrogen-bond acceptors (Lipinski definition) is 3. The van der Waals surface area contributed by atoms with E-state index in [-0.39, 0.29) is 11.9 Å². The van der Waals surface area contributed by atoms with Crippen LogP contribution < -0.4 is 16.4 Å². The second-order valence-corrected chi connectivity index (χ2v) is 4.79. The second kappa shape index (κ2) is 7.49. The fourth-order valence-corrected chi connectivity index (χ4v) is 1.73. The highest BCUT2D eigenvalue weighted by atomic mass is 16.3. The van der Waals surface area contributed by atoms with Crippen LogP contribution in [0.5, 0.6) is 0 Å². The molecule has 1 aromatic carbocycles. The standard InChI is InChI=1S/C14H21N3O3/c1-9(18)3-8-13(19)16-10(2)11-4-6-12(7-5-11)17-14(15)20/h4-7,9-10,18H,3,8H2,1-2H3,(H,16,19)(H3,15,17,20). The van der Waals surface area contributed by atoms with Gasteiger partial charge in [0.1, 0.15) is 0 Å². The van der Waals surface area contributed by atoms with Gasteiger partial charge in [-0.3, -0.25) is 4.79 Å². The number of nitrogens with one attached hydrogen (secondary N) is 2. The van der Waals surface area contributed by atoms with Crippen molar-refractivity contribution in [1.29, 1.82) is 0 Å². The maximum Gasteiger partial charge on any atom is 0.316 e. The maximum absolute atomic E-state index is 11.6. The quantitative estimate of drug-likeness (QED) is 0.634. The van der Waals surface area contributed by atoms with Gasteiger partial charge in [0.25, 0.3) is 0 Å². The minimum absolute atomic E-state index is 0.0993. The molecular weight excluding hydrogens is 258 g/mol. The van der Waals surface area contributed by atoms with Gasteiger partial charge in [-0.1, -0.05) is 12.1 Å². The molecule has 0 aliphatic heterocycles. The van der Waals surface area contributed by atoms with Crippen molar-refractivity contribution < 1.29 is 14.7 Å². The van der Waals surface area contributed by atoms with Gasteiger partial charge in [0.05, 0.1) is 12.1 Å². The lowest BCUT2D eigenvalue weighted by atomic mass is 10.1. The SMILES string of the molecule is CC(O)CCC(=O)NC(C)c1ccc(NC(N)=O)cc1. The molecule has 0 radical (unpaired) electrons. The lowest BCUT2D eigenvalue weighted by molar-refractivity contribution is -0.122. The highest BCUT2D eigenvalue weighted by molar-refractivity contribution is 5.87. The third kappa shape index (κ3) is 5.71. The summed E-state index contributed by atoms with van der Waals surface area (Å²) >= 11 is 0. The fourth-order valence-electron chi connectivity index (χ4n) is 1.73. The Labute approximate surface area is 118 Å². The number of aliphatic hydroxyl groups excluding tert-OH is 1. The van der Waals surface area contributed by atoms with Gasteiger partial charge in [0.15, 0.2) is 0 Å². The number of nitrogens with two attached hydrogens (primary N) is 1. The van der Waals surface area contributed by atoms with Crippen LogP contribution in [0, 0.1) is 0 Å². The first-order valence-electron chi connectivity index (χ1n) is 6.52. The van der Waals surface area contributed by atoms with Crippen molar-refractivity contribution in [2.75, 3.05) is 5.32 Å². The first-order valence-corrected chi connectivity index (χ1v) is 6.52. The van der Waals surface area contributed by atoms with Crippen molar-refractivity contribution in [3.05, 3.63) is 29.8 Å². The van der Waals surface area contributed by atoms with Crippen LogP contribution in [0.4, 0.5) is 10.5 Å². The maximum atomic E-state index is 11.6. The number of carbonyl (C=O) groups is 2. The summed E-state index contributed by atoms with van der Waals surface area (Å²) in [4.78, 5) is 22.3. The number of carbonyl (C=O) groups excluding carboxylic acids is 2.